The first kappa shape index (κ1) is 16.8. The highest BCUT2D eigenvalue weighted by molar-refractivity contribution is 6.00. The van der Waals surface area contributed by atoms with E-state index < -0.39 is 0 Å². The number of nitrogens with one attached hydrogen (secondary N) is 1. The largest absolute Gasteiger partial charge is 0.497 e. The molecule has 6 heteroatoms. The van der Waals surface area contributed by atoms with E-state index in [1.54, 1.807) is 12.0 Å². The second-order valence-electron chi connectivity index (χ2n) is 6.60. The number of carbonyl (C=O) groups excluding carboxylic acids is 2. The summed E-state index contributed by atoms with van der Waals surface area (Å²) < 4.78 is 5.15. The van der Waals surface area contributed by atoms with E-state index in [0.29, 0.717) is 18.9 Å². The Hall–Kier alpha value is -2.08. The van der Waals surface area contributed by atoms with Crippen molar-refractivity contribution in [2.24, 2.45) is 11.8 Å². The highest BCUT2D eigenvalue weighted by Crippen LogP contribution is 2.29. The van der Waals surface area contributed by atoms with Crippen molar-refractivity contribution >= 4 is 17.5 Å². The summed E-state index contributed by atoms with van der Waals surface area (Å²) in [4.78, 5) is 28.7. The molecule has 2 heterocycles. The molecule has 0 spiro atoms. The normalized spacial score (nSPS) is 23.8. The van der Waals surface area contributed by atoms with Crippen molar-refractivity contribution < 1.29 is 14.3 Å². The van der Waals surface area contributed by atoms with E-state index >= 15 is 0 Å². The fraction of sp³-hybridized carbons (Fsp3) is 0.556. The number of methoxy groups -OCH3 is 1. The third-order valence-electron chi connectivity index (χ3n) is 4.95. The summed E-state index contributed by atoms with van der Waals surface area (Å²) in [5, 5.41) is 3.17. The molecule has 2 fully saturated rings. The van der Waals surface area contributed by atoms with Gasteiger partial charge in [0.25, 0.3) is 0 Å². The van der Waals surface area contributed by atoms with Crippen LogP contribution >= 0.6 is 0 Å². The number of anilines is 1. The summed E-state index contributed by atoms with van der Waals surface area (Å²) >= 11 is 0. The van der Waals surface area contributed by atoms with E-state index in [9.17, 15) is 9.59 Å². The lowest BCUT2D eigenvalue weighted by molar-refractivity contribution is -0.134. The number of nitrogens with zero attached hydrogens (tertiary/aromatic N) is 2. The zero-order chi connectivity index (χ0) is 17.1. The molecule has 2 aliphatic heterocycles. The van der Waals surface area contributed by atoms with Crippen LogP contribution in [0.4, 0.5) is 5.69 Å². The van der Waals surface area contributed by atoms with Gasteiger partial charge in [0.2, 0.25) is 11.8 Å². The molecule has 1 aromatic carbocycles. The fourth-order valence-electron chi connectivity index (χ4n) is 3.63. The van der Waals surface area contributed by atoms with E-state index in [1.807, 2.05) is 36.2 Å². The Morgan fingerprint density at radius 1 is 1.29 bits per heavy atom. The Balaban J connectivity index is 1.62. The molecule has 0 aliphatic carbocycles. The molecule has 1 N–H and O–H groups in total. The van der Waals surface area contributed by atoms with Crippen LogP contribution in [0.15, 0.2) is 24.3 Å². The number of ether oxygens (including phenoxy) is 1. The number of carbonyl (C=O) groups is 2. The second-order valence-corrected chi connectivity index (χ2v) is 6.60. The van der Waals surface area contributed by atoms with Gasteiger partial charge in [-0.15, -0.1) is 0 Å². The standard InChI is InChI=1S/C18H25N3O3/c1-19-10-13-7-8-20(11-13)18(23)14-9-17(22)21(12-14)15-3-5-16(24-2)6-4-15/h3-6,13-14,19H,7-12H2,1-2H3. The molecule has 0 saturated carbocycles. The lowest BCUT2D eigenvalue weighted by Crippen LogP contribution is -2.36. The van der Waals surface area contributed by atoms with Crippen LogP contribution in [0, 0.1) is 11.8 Å². The Morgan fingerprint density at radius 3 is 2.71 bits per heavy atom. The molecule has 6 nitrogen and oxygen atoms in total. The van der Waals surface area contributed by atoms with Gasteiger partial charge < -0.3 is 19.9 Å². The number of rotatable bonds is 5. The minimum Gasteiger partial charge on any atom is -0.497 e. The zero-order valence-corrected chi connectivity index (χ0v) is 14.3. The Labute approximate surface area is 142 Å². The molecule has 2 atom stereocenters. The van der Waals surface area contributed by atoms with Crippen LogP contribution in [-0.2, 0) is 9.59 Å². The Kier molecular flexibility index (Phi) is 5.04. The van der Waals surface area contributed by atoms with Crippen molar-refractivity contribution in [3.05, 3.63) is 24.3 Å². The molecule has 0 aromatic heterocycles. The van der Waals surface area contributed by atoms with Crippen LogP contribution in [0.25, 0.3) is 0 Å². The first-order valence-corrected chi connectivity index (χ1v) is 8.50. The van der Waals surface area contributed by atoms with Crippen LogP contribution in [0.1, 0.15) is 12.8 Å². The quantitative estimate of drug-likeness (QED) is 0.878. The number of benzene rings is 1. The molecule has 2 unspecified atom stereocenters. The van der Waals surface area contributed by atoms with Crippen molar-refractivity contribution in [3.63, 3.8) is 0 Å². The maximum absolute atomic E-state index is 12.7. The summed E-state index contributed by atoms with van der Waals surface area (Å²) in [6.07, 6.45) is 1.34. The van der Waals surface area contributed by atoms with Gasteiger partial charge in [0, 0.05) is 31.7 Å². The van der Waals surface area contributed by atoms with Crippen LogP contribution < -0.4 is 15.0 Å². The maximum Gasteiger partial charge on any atom is 0.228 e. The highest BCUT2D eigenvalue weighted by atomic mass is 16.5. The van der Waals surface area contributed by atoms with E-state index in [4.69, 9.17) is 4.74 Å². The van der Waals surface area contributed by atoms with Gasteiger partial charge in [0.15, 0.2) is 0 Å². The molecule has 2 aliphatic rings. The van der Waals surface area contributed by atoms with Crippen LogP contribution in [0.3, 0.4) is 0 Å². The van der Waals surface area contributed by atoms with Gasteiger partial charge in [-0.2, -0.15) is 0 Å². The molecule has 0 radical (unpaired) electrons. The van der Waals surface area contributed by atoms with Crippen LogP contribution in [0.5, 0.6) is 5.75 Å². The summed E-state index contributed by atoms with van der Waals surface area (Å²) in [5.41, 5.74) is 0.825. The topological polar surface area (TPSA) is 61.9 Å². The number of likely N-dealkylation sites (tertiary alicyclic amines) is 1. The van der Waals surface area contributed by atoms with Crippen molar-refractivity contribution in [1.82, 2.24) is 10.2 Å². The number of hydrogen-bond donors (Lipinski definition) is 1. The zero-order valence-electron chi connectivity index (χ0n) is 14.3. The maximum atomic E-state index is 12.7. The van der Waals surface area contributed by atoms with E-state index in [0.717, 1.165) is 37.5 Å². The summed E-state index contributed by atoms with van der Waals surface area (Å²) in [5.74, 6) is 1.19. The van der Waals surface area contributed by atoms with E-state index in [-0.39, 0.29) is 17.7 Å². The Bertz CT molecular complexity index is 602. The average Bonchev–Trinajstić information content (AvgIpc) is 3.22. The van der Waals surface area contributed by atoms with Gasteiger partial charge in [0.05, 0.1) is 13.0 Å². The minimum absolute atomic E-state index is 0.0180. The van der Waals surface area contributed by atoms with Gasteiger partial charge in [-0.25, -0.2) is 0 Å². The molecule has 3 rings (SSSR count). The second kappa shape index (κ2) is 7.21. The van der Waals surface area contributed by atoms with Gasteiger partial charge in [-0.05, 0) is 50.2 Å². The SMILES string of the molecule is CNCC1CCN(C(=O)C2CC(=O)N(c3ccc(OC)cc3)C2)C1. The van der Waals surface area contributed by atoms with Gasteiger partial charge in [0.1, 0.15) is 5.75 Å². The summed E-state index contributed by atoms with van der Waals surface area (Å²) in [6.45, 7) is 3.01. The van der Waals surface area contributed by atoms with Crippen molar-refractivity contribution in [2.45, 2.75) is 12.8 Å². The van der Waals surface area contributed by atoms with Crippen LogP contribution in [0.2, 0.25) is 0 Å². The highest BCUT2D eigenvalue weighted by Gasteiger charge is 2.38. The molecule has 2 amide bonds. The van der Waals surface area contributed by atoms with Crippen molar-refractivity contribution in [2.75, 3.05) is 45.2 Å². The monoisotopic (exact) mass is 331 g/mol. The molecule has 0 bridgehead atoms. The first-order chi connectivity index (χ1) is 11.6. The molecule has 24 heavy (non-hydrogen) atoms. The van der Waals surface area contributed by atoms with Gasteiger partial charge in [-0.3, -0.25) is 9.59 Å². The first-order valence-electron chi connectivity index (χ1n) is 8.50. The third kappa shape index (κ3) is 3.38. The fourth-order valence-corrected chi connectivity index (χ4v) is 3.63. The summed E-state index contributed by atoms with van der Waals surface area (Å²) in [6, 6.07) is 7.39. The van der Waals surface area contributed by atoms with Gasteiger partial charge >= 0.3 is 0 Å². The predicted octanol–water partition coefficient (Wildman–Crippen LogP) is 1.12. The van der Waals surface area contributed by atoms with Gasteiger partial charge in [-0.1, -0.05) is 0 Å². The molecular formula is C18H25N3O3. The summed E-state index contributed by atoms with van der Waals surface area (Å²) in [7, 11) is 3.55. The molecular weight excluding hydrogens is 306 g/mol. The lowest BCUT2D eigenvalue weighted by atomic mass is 10.1. The molecule has 2 saturated heterocycles. The predicted molar refractivity (Wildman–Crippen MR) is 92.1 cm³/mol. The van der Waals surface area contributed by atoms with Crippen molar-refractivity contribution in [1.29, 1.82) is 0 Å². The minimum atomic E-state index is -0.229. The van der Waals surface area contributed by atoms with E-state index in [2.05, 4.69) is 5.32 Å². The molecule has 130 valence electrons. The number of amides is 2. The van der Waals surface area contributed by atoms with Crippen LogP contribution in [-0.4, -0.2) is 57.1 Å². The number of hydrogen-bond acceptors (Lipinski definition) is 4. The van der Waals surface area contributed by atoms with E-state index in [1.165, 1.54) is 0 Å². The average molecular weight is 331 g/mol. The lowest BCUT2D eigenvalue weighted by Gasteiger charge is -2.21. The van der Waals surface area contributed by atoms with Crippen molar-refractivity contribution in [3.8, 4) is 5.75 Å². The smallest absolute Gasteiger partial charge is 0.228 e. The Morgan fingerprint density at radius 2 is 2.04 bits per heavy atom. The molecule has 1 aromatic rings. The third-order valence-corrected chi connectivity index (χ3v) is 4.95.